The summed E-state index contributed by atoms with van der Waals surface area (Å²) >= 11 is 7.28. The number of hydrogen-bond acceptors (Lipinski definition) is 4. The molecule has 1 N–H and O–H groups in total. The van der Waals surface area contributed by atoms with Crippen molar-refractivity contribution in [1.29, 1.82) is 0 Å². The van der Waals surface area contributed by atoms with Crippen LogP contribution in [0, 0.1) is 0 Å². The van der Waals surface area contributed by atoms with E-state index < -0.39 is 0 Å². The number of rotatable bonds is 4. The molecule has 0 spiro atoms. The van der Waals surface area contributed by atoms with Gasteiger partial charge in [0.2, 0.25) is 0 Å². The summed E-state index contributed by atoms with van der Waals surface area (Å²) in [5.41, 5.74) is 2.38. The minimum Gasteiger partial charge on any atom is -0.322 e. The molecule has 29 heavy (non-hydrogen) atoms. The highest BCUT2D eigenvalue weighted by molar-refractivity contribution is 7.99. The van der Waals surface area contributed by atoms with Gasteiger partial charge in [-0.3, -0.25) is 14.4 Å². The highest BCUT2D eigenvalue weighted by Gasteiger charge is 2.33. The zero-order valence-electron chi connectivity index (χ0n) is 15.5. The van der Waals surface area contributed by atoms with Crippen LogP contribution in [-0.4, -0.2) is 23.2 Å². The van der Waals surface area contributed by atoms with Crippen molar-refractivity contribution < 1.29 is 14.4 Å². The Morgan fingerprint density at radius 2 is 1.55 bits per heavy atom. The first-order valence-corrected chi connectivity index (χ1v) is 10.4. The minimum absolute atomic E-state index is 0.196. The number of hydrogen-bond donors (Lipinski definition) is 1. The van der Waals surface area contributed by atoms with Crippen molar-refractivity contribution in [1.82, 2.24) is 0 Å². The van der Waals surface area contributed by atoms with E-state index in [-0.39, 0.29) is 17.5 Å². The predicted molar refractivity (Wildman–Crippen MR) is 116 cm³/mol. The molecule has 6 heteroatoms. The van der Waals surface area contributed by atoms with Gasteiger partial charge in [-0.15, -0.1) is 11.8 Å². The Hall–Kier alpha value is -2.89. The van der Waals surface area contributed by atoms with Crippen LogP contribution in [0.1, 0.15) is 49.1 Å². The first-order chi connectivity index (χ1) is 14.0. The topological polar surface area (TPSA) is 63.2 Å². The first-order valence-electron chi connectivity index (χ1n) is 9.06. The molecule has 0 bridgehead atoms. The summed E-state index contributed by atoms with van der Waals surface area (Å²) in [4.78, 5) is 39.6. The van der Waals surface area contributed by atoms with Crippen molar-refractivity contribution in [3.05, 3.63) is 93.5 Å². The van der Waals surface area contributed by atoms with E-state index in [1.54, 1.807) is 60.7 Å². The molecule has 144 valence electrons. The van der Waals surface area contributed by atoms with Crippen molar-refractivity contribution in [2.45, 2.75) is 11.8 Å². The molecule has 1 amide bonds. The molecule has 0 unspecified atom stereocenters. The zero-order chi connectivity index (χ0) is 20.5. The van der Waals surface area contributed by atoms with Crippen molar-refractivity contribution >= 4 is 46.5 Å². The van der Waals surface area contributed by atoms with Crippen LogP contribution in [0.3, 0.4) is 0 Å². The maximum atomic E-state index is 13.2. The summed E-state index contributed by atoms with van der Waals surface area (Å²) in [6.45, 7) is 1.94. The third-order valence-electron chi connectivity index (χ3n) is 4.68. The normalized spacial score (nSPS) is 12.3. The molecule has 0 radical (unpaired) electrons. The van der Waals surface area contributed by atoms with Gasteiger partial charge in [-0.1, -0.05) is 42.8 Å². The first kappa shape index (κ1) is 19.4. The summed E-state index contributed by atoms with van der Waals surface area (Å²) in [5.74, 6) is -0.115. The summed E-state index contributed by atoms with van der Waals surface area (Å²) in [7, 11) is 0. The summed E-state index contributed by atoms with van der Waals surface area (Å²) in [6, 6.07) is 16.8. The maximum Gasteiger partial charge on any atom is 0.256 e. The molecule has 0 fully saturated rings. The van der Waals surface area contributed by atoms with Crippen molar-refractivity contribution in [3.8, 4) is 0 Å². The summed E-state index contributed by atoms with van der Waals surface area (Å²) in [6.07, 6.45) is 0. The van der Waals surface area contributed by atoms with Crippen LogP contribution in [-0.2, 0) is 0 Å². The molecule has 3 aromatic carbocycles. The van der Waals surface area contributed by atoms with Gasteiger partial charge in [0.25, 0.3) is 5.91 Å². The van der Waals surface area contributed by atoms with E-state index in [1.807, 2.05) is 6.92 Å². The number of carbonyl (C=O) groups is 3. The second-order valence-electron chi connectivity index (χ2n) is 6.46. The van der Waals surface area contributed by atoms with Crippen LogP contribution in [0.15, 0.2) is 65.6 Å². The van der Waals surface area contributed by atoms with Gasteiger partial charge >= 0.3 is 0 Å². The Kier molecular flexibility index (Phi) is 5.26. The lowest BCUT2D eigenvalue weighted by Gasteiger charge is -2.21. The fourth-order valence-electron chi connectivity index (χ4n) is 3.36. The second-order valence-corrected chi connectivity index (χ2v) is 8.17. The summed E-state index contributed by atoms with van der Waals surface area (Å²) < 4.78 is 0. The number of ketones is 2. The van der Waals surface area contributed by atoms with E-state index in [0.29, 0.717) is 49.2 Å². The molecule has 0 saturated carbocycles. The SMILES string of the molecule is CCSc1c(C(=O)Nc2ccc(Cl)cc2)ccc2c1C(=O)c1ccccc1C2=O. The van der Waals surface area contributed by atoms with E-state index in [2.05, 4.69) is 5.32 Å². The van der Waals surface area contributed by atoms with Crippen molar-refractivity contribution in [2.24, 2.45) is 0 Å². The van der Waals surface area contributed by atoms with Gasteiger partial charge < -0.3 is 5.32 Å². The van der Waals surface area contributed by atoms with Crippen LogP contribution >= 0.6 is 23.4 Å². The molecule has 0 atom stereocenters. The maximum absolute atomic E-state index is 13.2. The van der Waals surface area contributed by atoms with Crippen LogP contribution in [0.2, 0.25) is 5.02 Å². The Morgan fingerprint density at radius 1 is 0.897 bits per heavy atom. The molecule has 1 aliphatic carbocycles. The Balaban J connectivity index is 1.81. The van der Waals surface area contributed by atoms with E-state index in [1.165, 1.54) is 11.8 Å². The fourth-order valence-corrected chi connectivity index (χ4v) is 4.44. The number of benzene rings is 3. The Morgan fingerprint density at radius 3 is 2.21 bits per heavy atom. The molecule has 0 heterocycles. The van der Waals surface area contributed by atoms with Gasteiger partial charge in [-0.25, -0.2) is 0 Å². The molecular formula is C23H16ClNO3S. The highest BCUT2D eigenvalue weighted by Crippen LogP contribution is 2.36. The highest BCUT2D eigenvalue weighted by atomic mass is 35.5. The largest absolute Gasteiger partial charge is 0.322 e. The number of anilines is 1. The van der Waals surface area contributed by atoms with Gasteiger partial charge in [0.1, 0.15) is 0 Å². The number of nitrogens with one attached hydrogen (secondary N) is 1. The Labute approximate surface area is 177 Å². The van der Waals surface area contributed by atoms with Gasteiger partial charge in [0, 0.05) is 37.9 Å². The van der Waals surface area contributed by atoms with Crippen LogP contribution in [0.25, 0.3) is 0 Å². The lowest BCUT2D eigenvalue weighted by atomic mass is 9.83. The number of thioether (sulfide) groups is 1. The van der Waals surface area contributed by atoms with Gasteiger partial charge in [-0.05, 0) is 42.2 Å². The quantitative estimate of drug-likeness (QED) is 0.443. The molecule has 0 saturated heterocycles. The van der Waals surface area contributed by atoms with Crippen LogP contribution in [0.4, 0.5) is 5.69 Å². The smallest absolute Gasteiger partial charge is 0.256 e. The van der Waals surface area contributed by atoms with E-state index >= 15 is 0 Å². The molecule has 4 rings (SSSR count). The minimum atomic E-state index is -0.342. The molecular weight excluding hydrogens is 406 g/mol. The lowest BCUT2D eigenvalue weighted by Crippen LogP contribution is -2.24. The van der Waals surface area contributed by atoms with E-state index in [9.17, 15) is 14.4 Å². The third kappa shape index (κ3) is 3.48. The lowest BCUT2D eigenvalue weighted by molar-refractivity contribution is 0.0975. The van der Waals surface area contributed by atoms with Crippen LogP contribution < -0.4 is 5.32 Å². The average molecular weight is 422 g/mol. The second kappa shape index (κ2) is 7.85. The fraction of sp³-hybridized carbons (Fsp3) is 0.0870. The molecule has 0 aromatic heterocycles. The van der Waals surface area contributed by atoms with E-state index in [4.69, 9.17) is 11.6 Å². The average Bonchev–Trinajstić information content (AvgIpc) is 2.73. The molecule has 1 aliphatic rings. The van der Waals surface area contributed by atoms with Gasteiger partial charge in [-0.2, -0.15) is 0 Å². The zero-order valence-corrected chi connectivity index (χ0v) is 17.1. The van der Waals surface area contributed by atoms with E-state index in [0.717, 1.165) is 0 Å². The molecule has 3 aromatic rings. The van der Waals surface area contributed by atoms with Gasteiger partial charge in [0.15, 0.2) is 11.6 Å². The monoisotopic (exact) mass is 421 g/mol. The number of carbonyl (C=O) groups excluding carboxylic acids is 3. The standard InChI is InChI=1S/C23H16ClNO3S/c1-2-29-22-18(23(28)25-14-9-7-13(24)8-10-14)12-11-17-19(22)21(27)16-6-4-3-5-15(16)20(17)26/h3-12H,2H2,1H3,(H,25,28). The molecule has 4 nitrogen and oxygen atoms in total. The number of amides is 1. The summed E-state index contributed by atoms with van der Waals surface area (Å²) in [5, 5.41) is 3.40. The predicted octanol–water partition coefficient (Wildman–Crippen LogP) is 5.48. The van der Waals surface area contributed by atoms with Crippen molar-refractivity contribution in [2.75, 3.05) is 11.1 Å². The number of halogens is 1. The van der Waals surface area contributed by atoms with Crippen molar-refractivity contribution in [3.63, 3.8) is 0 Å². The Bertz CT molecular complexity index is 1160. The molecule has 0 aliphatic heterocycles. The van der Waals surface area contributed by atoms with Gasteiger partial charge in [0.05, 0.1) is 5.56 Å². The van der Waals surface area contributed by atoms with Crippen LogP contribution in [0.5, 0.6) is 0 Å². The third-order valence-corrected chi connectivity index (χ3v) is 5.93. The number of fused-ring (bicyclic) bond motifs is 2.